The van der Waals surface area contributed by atoms with Crippen LogP contribution in [0.25, 0.3) is 0 Å². The Morgan fingerprint density at radius 1 is 0.895 bits per heavy atom. The average Bonchev–Trinajstić information content (AvgIpc) is 2.90. The van der Waals surface area contributed by atoms with Crippen molar-refractivity contribution in [2.75, 3.05) is 13.2 Å². The summed E-state index contributed by atoms with van der Waals surface area (Å²) in [7, 11) is 0. The van der Waals surface area contributed by atoms with E-state index in [1.165, 1.54) is 0 Å². The fourth-order valence-electron chi connectivity index (χ4n) is 4.43. The standard InChI is InChI=1S/C31H35BrN2O4/c1-31(2,3)33-30(36)26(19-22-7-5-4-6-8-22)34(21-24-9-13-25(32)14-10-24)29(35)16-12-23-11-15-27-28(20-23)38-18-17-37-27/h4-11,13-15,20,26H,12,16-19,21H2,1-3H3,(H,33,36). The summed E-state index contributed by atoms with van der Waals surface area (Å²) in [6.07, 6.45) is 1.23. The fraction of sp³-hybridized carbons (Fsp3) is 0.355. The first kappa shape index (κ1) is 27.7. The van der Waals surface area contributed by atoms with Gasteiger partial charge in [-0.1, -0.05) is 64.5 Å². The number of benzene rings is 3. The van der Waals surface area contributed by atoms with Gasteiger partial charge in [-0.05, 0) is 68.1 Å². The molecular formula is C31H35BrN2O4. The summed E-state index contributed by atoms with van der Waals surface area (Å²) >= 11 is 3.48. The second-order valence-electron chi connectivity index (χ2n) is 10.6. The van der Waals surface area contributed by atoms with Crippen molar-refractivity contribution in [3.05, 3.63) is 94.0 Å². The molecule has 38 heavy (non-hydrogen) atoms. The molecule has 1 unspecified atom stereocenters. The predicted molar refractivity (Wildman–Crippen MR) is 152 cm³/mol. The van der Waals surface area contributed by atoms with E-state index in [-0.39, 0.29) is 18.2 Å². The van der Waals surface area contributed by atoms with Crippen molar-refractivity contribution in [3.8, 4) is 11.5 Å². The van der Waals surface area contributed by atoms with Crippen LogP contribution in [-0.2, 0) is 29.0 Å². The largest absolute Gasteiger partial charge is 0.486 e. The third-order valence-electron chi connectivity index (χ3n) is 6.27. The molecule has 0 radical (unpaired) electrons. The number of fused-ring (bicyclic) bond motifs is 1. The molecule has 1 heterocycles. The first-order chi connectivity index (χ1) is 18.2. The topological polar surface area (TPSA) is 67.9 Å². The molecular weight excluding hydrogens is 544 g/mol. The molecule has 4 rings (SSSR count). The van der Waals surface area contributed by atoms with Crippen LogP contribution < -0.4 is 14.8 Å². The maximum atomic E-state index is 13.9. The first-order valence-electron chi connectivity index (χ1n) is 13.0. The van der Waals surface area contributed by atoms with Gasteiger partial charge in [0.15, 0.2) is 11.5 Å². The Morgan fingerprint density at radius 2 is 1.55 bits per heavy atom. The third kappa shape index (κ3) is 7.84. The number of halogens is 1. The molecule has 1 aliphatic rings. The van der Waals surface area contributed by atoms with Crippen molar-refractivity contribution in [1.29, 1.82) is 0 Å². The summed E-state index contributed by atoms with van der Waals surface area (Å²) in [4.78, 5) is 29.2. The van der Waals surface area contributed by atoms with Gasteiger partial charge in [0.1, 0.15) is 19.3 Å². The van der Waals surface area contributed by atoms with Crippen LogP contribution >= 0.6 is 15.9 Å². The molecule has 6 nitrogen and oxygen atoms in total. The highest BCUT2D eigenvalue weighted by Gasteiger charge is 2.32. The number of hydrogen-bond acceptors (Lipinski definition) is 4. The van der Waals surface area contributed by atoms with Crippen LogP contribution in [-0.4, -0.2) is 41.5 Å². The molecule has 3 aromatic carbocycles. The lowest BCUT2D eigenvalue weighted by molar-refractivity contribution is -0.141. The number of ether oxygens (including phenoxy) is 2. The van der Waals surface area contributed by atoms with E-state index in [0.717, 1.165) is 26.9 Å². The van der Waals surface area contributed by atoms with Crippen LogP contribution in [0.4, 0.5) is 0 Å². The number of hydrogen-bond donors (Lipinski definition) is 1. The predicted octanol–water partition coefficient (Wildman–Crippen LogP) is 5.71. The molecule has 0 aromatic heterocycles. The third-order valence-corrected chi connectivity index (χ3v) is 6.80. The lowest BCUT2D eigenvalue weighted by Gasteiger charge is -2.34. The quantitative estimate of drug-likeness (QED) is 0.353. The molecule has 0 saturated heterocycles. The number of carbonyl (C=O) groups is 2. The van der Waals surface area contributed by atoms with Gasteiger partial charge in [0.05, 0.1) is 0 Å². The van der Waals surface area contributed by atoms with Gasteiger partial charge < -0.3 is 19.7 Å². The summed E-state index contributed by atoms with van der Waals surface area (Å²) in [5, 5.41) is 3.11. The monoisotopic (exact) mass is 578 g/mol. The minimum atomic E-state index is -0.659. The second kappa shape index (κ2) is 12.5. The van der Waals surface area contributed by atoms with Gasteiger partial charge in [0.25, 0.3) is 0 Å². The summed E-state index contributed by atoms with van der Waals surface area (Å²) < 4.78 is 12.3. The van der Waals surface area contributed by atoms with E-state index in [0.29, 0.717) is 38.3 Å². The van der Waals surface area contributed by atoms with Crippen molar-refractivity contribution in [2.24, 2.45) is 0 Å². The molecule has 200 valence electrons. The van der Waals surface area contributed by atoms with Crippen molar-refractivity contribution in [1.82, 2.24) is 10.2 Å². The SMILES string of the molecule is CC(C)(C)NC(=O)C(Cc1ccccc1)N(Cc1ccc(Br)cc1)C(=O)CCc1ccc2c(c1)OCCO2. The molecule has 3 aromatic rings. The van der Waals surface area contributed by atoms with Crippen molar-refractivity contribution < 1.29 is 19.1 Å². The van der Waals surface area contributed by atoms with E-state index in [9.17, 15) is 9.59 Å². The Kier molecular flexibility index (Phi) is 9.10. The van der Waals surface area contributed by atoms with Gasteiger partial charge >= 0.3 is 0 Å². The van der Waals surface area contributed by atoms with Crippen molar-refractivity contribution in [2.45, 2.75) is 58.2 Å². The zero-order chi connectivity index (χ0) is 27.1. The van der Waals surface area contributed by atoms with Crippen LogP contribution in [0.15, 0.2) is 77.3 Å². The van der Waals surface area contributed by atoms with Gasteiger partial charge in [0, 0.05) is 29.4 Å². The summed E-state index contributed by atoms with van der Waals surface area (Å²) in [5.41, 5.74) is 2.53. The van der Waals surface area contributed by atoms with Crippen LogP contribution in [0, 0.1) is 0 Å². The molecule has 1 atom stereocenters. The molecule has 0 fully saturated rings. The Bertz CT molecular complexity index is 1240. The molecule has 2 amide bonds. The maximum Gasteiger partial charge on any atom is 0.243 e. The van der Waals surface area contributed by atoms with Crippen molar-refractivity contribution >= 4 is 27.7 Å². The second-order valence-corrected chi connectivity index (χ2v) is 11.5. The lowest BCUT2D eigenvalue weighted by atomic mass is 9.99. The zero-order valence-electron chi connectivity index (χ0n) is 22.2. The van der Waals surface area contributed by atoms with Gasteiger partial charge in [-0.3, -0.25) is 9.59 Å². The summed E-state index contributed by atoms with van der Waals surface area (Å²) in [6, 6.07) is 22.9. The molecule has 1 N–H and O–H groups in total. The minimum Gasteiger partial charge on any atom is -0.486 e. The molecule has 1 aliphatic heterocycles. The van der Waals surface area contributed by atoms with Crippen LogP contribution in [0.3, 0.4) is 0 Å². The highest BCUT2D eigenvalue weighted by atomic mass is 79.9. The van der Waals surface area contributed by atoms with Gasteiger partial charge in [-0.25, -0.2) is 0 Å². The number of nitrogens with zero attached hydrogens (tertiary/aromatic N) is 1. The normalized spacial score (nSPS) is 13.5. The summed E-state index contributed by atoms with van der Waals surface area (Å²) in [5.74, 6) is 1.20. The zero-order valence-corrected chi connectivity index (χ0v) is 23.8. The highest BCUT2D eigenvalue weighted by Crippen LogP contribution is 2.31. The van der Waals surface area contributed by atoms with E-state index in [1.807, 2.05) is 93.6 Å². The molecule has 0 spiro atoms. The summed E-state index contributed by atoms with van der Waals surface area (Å²) in [6.45, 7) is 7.24. The van der Waals surface area contributed by atoms with E-state index in [1.54, 1.807) is 4.90 Å². The molecule has 0 aliphatic carbocycles. The number of rotatable bonds is 9. The molecule has 0 bridgehead atoms. The lowest BCUT2D eigenvalue weighted by Crippen LogP contribution is -2.54. The van der Waals surface area contributed by atoms with Crippen LogP contribution in [0.1, 0.15) is 43.9 Å². The van der Waals surface area contributed by atoms with E-state index >= 15 is 0 Å². The van der Waals surface area contributed by atoms with Gasteiger partial charge in [-0.2, -0.15) is 0 Å². The van der Waals surface area contributed by atoms with E-state index < -0.39 is 11.6 Å². The van der Waals surface area contributed by atoms with Gasteiger partial charge in [0.2, 0.25) is 11.8 Å². The van der Waals surface area contributed by atoms with Gasteiger partial charge in [-0.15, -0.1) is 0 Å². The molecule has 7 heteroatoms. The number of amides is 2. The highest BCUT2D eigenvalue weighted by molar-refractivity contribution is 9.10. The van der Waals surface area contributed by atoms with Crippen molar-refractivity contribution in [3.63, 3.8) is 0 Å². The minimum absolute atomic E-state index is 0.0761. The number of aryl methyl sites for hydroxylation is 1. The van der Waals surface area contributed by atoms with Crippen LogP contribution in [0.5, 0.6) is 11.5 Å². The first-order valence-corrected chi connectivity index (χ1v) is 13.8. The molecule has 0 saturated carbocycles. The number of carbonyl (C=O) groups excluding carboxylic acids is 2. The number of nitrogens with one attached hydrogen (secondary N) is 1. The smallest absolute Gasteiger partial charge is 0.243 e. The average molecular weight is 580 g/mol. The Balaban J connectivity index is 1.60. The Hall–Kier alpha value is -3.32. The van der Waals surface area contributed by atoms with E-state index in [4.69, 9.17) is 9.47 Å². The fourth-order valence-corrected chi connectivity index (χ4v) is 4.70. The van der Waals surface area contributed by atoms with Crippen LogP contribution in [0.2, 0.25) is 0 Å². The Morgan fingerprint density at radius 3 is 2.24 bits per heavy atom. The van der Waals surface area contributed by atoms with E-state index in [2.05, 4.69) is 21.2 Å². The Labute approximate surface area is 233 Å². The maximum absolute atomic E-state index is 13.9.